The van der Waals surface area contributed by atoms with E-state index in [9.17, 15) is 19.2 Å². The van der Waals surface area contributed by atoms with E-state index in [1.165, 1.54) is 9.80 Å². The van der Waals surface area contributed by atoms with Gasteiger partial charge in [-0.3, -0.25) is 29.0 Å². The van der Waals surface area contributed by atoms with Gasteiger partial charge in [-0.25, -0.2) is 0 Å². The smallest absolute Gasteiger partial charge is 0.261 e. The third kappa shape index (κ3) is 4.54. The van der Waals surface area contributed by atoms with E-state index in [-0.39, 0.29) is 35.7 Å². The molecule has 0 N–H and O–H groups in total. The molecule has 0 bridgehead atoms. The van der Waals surface area contributed by atoms with Gasteiger partial charge in [0.25, 0.3) is 23.6 Å². The van der Waals surface area contributed by atoms with Crippen molar-refractivity contribution >= 4 is 82.9 Å². The maximum atomic E-state index is 14.1. The number of carbonyl (C=O) groups excluding carboxylic acids is 4. The Hall–Kier alpha value is -4.77. The highest BCUT2D eigenvalue weighted by Crippen LogP contribution is 2.48. The van der Waals surface area contributed by atoms with E-state index in [1.54, 1.807) is 0 Å². The van der Waals surface area contributed by atoms with E-state index in [0.29, 0.717) is 44.2 Å². The van der Waals surface area contributed by atoms with Crippen molar-refractivity contribution in [2.75, 3.05) is 0 Å². The van der Waals surface area contributed by atoms with Gasteiger partial charge in [0.15, 0.2) is 0 Å². The first-order valence-corrected chi connectivity index (χ1v) is 23.5. The molecular formula is C40H38N2O4Si2. The van der Waals surface area contributed by atoms with Crippen LogP contribution in [-0.2, 0) is 0 Å². The molecule has 0 atom stereocenters. The summed E-state index contributed by atoms with van der Waals surface area (Å²) in [5.41, 5.74) is 10.3. The molecule has 0 radical (unpaired) electrons. The maximum Gasteiger partial charge on any atom is 0.261 e. The van der Waals surface area contributed by atoms with Gasteiger partial charge in [0, 0.05) is 77.8 Å². The normalized spacial score (nSPS) is 15.0. The fraction of sp³-hybridized carbons (Fsp3) is 0.300. The molecule has 7 rings (SSSR count). The van der Waals surface area contributed by atoms with Crippen molar-refractivity contribution in [3.05, 3.63) is 69.8 Å². The van der Waals surface area contributed by atoms with Gasteiger partial charge in [-0.05, 0) is 62.7 Å². The third-order valence-corrected chi connectivity index (χ3v) is 10.8. The summed E-state index contributed by atoms with van der Waals surface area (Å²) in [4.78, 5) is 58.7. The molecule has 8 heteroatoms. The second-order valence-corrected chi connectivity index (χ2v) is 25.2. The molecule has 0 saturated carbocycles. The fourth-order valence-corrected chi connectivity index (χ4v) is 8.17. The van der Waals surface area contributed by atoms with Crippen molar-refractivity contribution in [2.24, 2.45) is 0 Å². The van der Waals surface area contributed by atoms with Crippen molar-refractivity contribution in [3.8, 4) is 22.9 Å². The van der Waals surface area contributed by atoms with Gasteiger partial charge >= 0.3 is 0 Å². The summed E-state index contributed by atoms with van der Waals surface area (Å²) >= 11 is 0. The van der Waals surface area contributed by atoms with Crippen LogP contribution in [0.4, 0.5) is 0 Å². The molecule has 4 amide bonds. The molecule has 5 aromatic rings. The predicted octanol–water partition coefficient (Wildman–Crippen LogP) is 8.20. The van der Waals surface area contributed by atoms with Crippen molar-refractivity contribution in [3.63, 3.8) is 0 Å². The van der Waals surface area contributed by atoms with Crippen LogP contribution < -0.4 is 0 Å². The molecule has 0 aromatic heterocycles. The second kappa shape index (κ2) is 10.4. The monoisotopic (exact) mass is 666 g/mol. The number of hydrogen-bond acceptors (Lipinski definition) is 4. The molecule has 5 aromatic carbocycles. The molecule has 2 heterocycles. The molecule has 0 saturated heterocycles. The number of hydrogen-bond donors (Lipinski definition) is 0. The van der Waals surface area contributed by atoms with Crippen LogP contribution in [0.5, 0.6) is 0 Å². The van der Waals surface area contributed by atoms with Gasteiger partial charge in [0.2, 0.25) is 0 Å². The zero-order valence-corrected chi connectivity index (χ0v) is 31.1. The fourth-order valence-electron chi connectivity index (χ4n) is 7.15. The largest absolute Gasteiger partial charge is 0.272 e. The number of imide groups is 2. The Morgan fingerprint density at radius 3 is 1.12 bits per heavy atom. The first-order valence-electron chi connectivity index (χ1n) is 16.5. The molecule has 48 heavy (non-hydrogen) atoms. The van der Waals surface area contributed by atoms with E-state index in [0.717, 1.165) is 32.3 Å². The van der Waals surface area contributed by atoms with Gasteiger partial charge in [0.1, 0.15) is 16.1 Å². The Morgan fingerprint density at radius 2 is 0.812 bits per heavy atom. The van der Waals surface area contributed by atoms with Crippen molar-refractivity contribution in [1.29, 1.82) is 0 Å². The number of benzene rings is 5. The molecule has 6 nitrogen and oxygen atoms in total. The summed E-state index contributed by atoms with van der Waals surface area (Å²) in [7, 11) is -3.73. The molecule has 0 fully saturated rings. The van der Waals surface area contributed by atoms with Gasteiger partial charge < -0.3 is 0 Å². The van der Waals surface area contributed by atoms with E-state index in [4.69, 9.17) is 0 Å². The Bertz CT molecular complexity index is 2300. The first kappa shape index (κ1) is 31.8. The second-order valence-electron chi connectivity index (χ2n) is 15.7. The summed E-state index contributed by atoms with van der Waals surface area (Å²) in [6.07, 6.45) is 0. The molecular weight excluding hydrogens is 629 g/mol. The van der Waals surface area contributed by atoms with Crippen LogP contribution in [0, 0.1) is 22.9 Å². The highest BCUT2D eigenvalue weighted by Gasteiger charge is 2.39. The van der Waals surface area contributed by atoms with E-state index >= 15 is 0 Å². The van der Waals surface area contributed by atoms with E-state index in [2.05, 4.69) is 62.2 Å². The number of amides is 4. The SMILES string of the molecule is CC(C)N1C(=O)c2ccc3c4c(C#C[Si](C)(C)C)cc5c6c(ccc(c7c(C#C[Si](C)(C)C)cc(c2c37)C1=O)c64)C(=O)N(C(C)C)C5=O. The van der Waals surface area contributed by atoms with Gasteiger partial charge in [-0.1, -0.05) is 63.3 Å². The van der Waals surface area contributed by atoms with Crippen LogP contribution in [0.1, 0.15) is 80.3 Å². The predicted molar refractivity (Wildman–Crippen MR) is 199 cm³/mol. The van der Waals surface area contributed by atoms with Gasteiger partial charge in [0.05, 0.1) is 0 Å². The highest BCUT2D eigenvalue weighted by atomic mass is 28.3. The van der Waals surface area contributed by atoms with Crippen LogP contribution in [0.25, 0.3) is 43.1 Å². The highest BCUT2D eigenvalue weighted by molar-refractivity contribution is 6.84. The summed E-state index contributed by atoms with van der Waals surface area (Å²) in [6.45, 7) is 20.4. The summed E-state index contributed by atoms with van der Waals surface area (Å²) in [6, 6.07) is 10.6. The Labute approximate surface area is 282 Å². The topological polar surface area (TPSA) is 74.8 Å². The minimum absolute atomic E-state index is 0.319. The lowest BCUT2D eigenvalue weighted by molar-refractivity contribution is 0.0547. The standard InChI is InChI=1S/C40H38N2O4Si2/c1-21(2)41-37(43)27-13-11-25-32-24(16-18-48(8,9)10)20-30-34-28(38(44)42(22(3)4)40(30)46)14-12-26(36(32)34)31-23(15-17-47(5,6)7)19-29(39(41)45)33(27)35(25)31/h11-14,19-22H,1-10H3. The minimum Gasteiger partial charge on any atom is -0.272 e. The molecule has 240 valence electrons. The van der Waals surface area contributed by atoms with Gasteiger partial charge in [-0.15, -0.1) is 11.1 Å². The Balaban J connectivity index is 1.78. The van der Waals surface area contributed by atoms with Crippen LogP contribution in [0.15, 0.2) is 36.4 Å². The van der Waals surface area contributed by atoms with Crippen molar-refractivity contribution in [1.82, 2.24) is 9.80 Å². The van der Waals surface area contributed by atoms with Crippen molar-refractivity contribution in [2.45, 2.75) is 79.1 Å². The lowest BCUT2D eigenvalue weighted by Crippen LogP contribution is -2.44. The molecule has 2 aliphatic rings. The Kier molecular flexibility index (Phi) is 6.87. The third-order valence-electron chi connectivity index (χ3n) is 9.08. The summed E-state index contributed by atoms with van der Waals surface area (Å²) in [5.74, 6) is 5.65. The zero-order valence-electron chi connectivity index (χ0n) is 29.1. The quantitative estimate of drug-likeness (QED) is 0.0626. The molecule has 0 aliphatic carbocycles. The average molecular weight is 667 g/mol. The molecule has 2 aliphatic heterocycles. The van der Waals surface area contributed by atoms with Crippen LogP contribution in [0.3, 0.4) is 0 Å². The zero-order chi connectivity index (χ0) is 34.8. The molecule has 0 unspecified atom stereocenters. The minimum atomic E-state index is -1.87. The van der Waals surface area contributed by atoms with Gasteiger partial charge in [-0.2, -0.15) is 0 Å². The van der Waals surface area contributed by atoms with E-state index < -0.39 is 16.1 Å². The summed E-state index contributed by atoms with van der Waals surface area (Å²) in [5, 5.41) is 6.11. The number of fused-ring (bicyclic) bond motifs is 2. The van der Waals surface area contributed by atoms with Crippen molar-refractivity contribution < 1.29 is 19.2 Å². The average Bonchev–Trinajstić information content (AvgIpc) is 2.98. The van der Waals surface area contributed by atoms with Crippen LogP contribution in [0.2, 0.25) is 39.3 Å². The van der Waals surface area contributed by atoms with Crippen LogP contribution >= 0.6 is 0 Å². The van der Waals surface area contributed by atoms with Crippen LogP contribution in [-0.4, -0.2) is 61.7 Å². The first-order chi connectivity index (χ1) is 22.4. The number of carbonyl (C=O) groups is 4. The maximum absolute atomic E-state index is 14.1. The lowest BCUT2D eigenvalue weighted by Gasteiger charge is -2.33. The van der Waals surface area contributed by atoms with E-state index in [1.807, 2.05) is 64.1 Å². The number of nitrogens with zero attached hydrogens (tertiary/aromatic N) is 2. The molecule has 0 spiro atoms. The Morgan fingerprint density at radius 1 is 0.479 bits per heavy atom. The lowest BCUT2D eigenvalue weighted by atomic mass is 9.79. The summed E-state index contributed by atoms with van der Waals surface area (Å²) < 4.78 is 0. The number of rotatable bonds is 2.